The molecule has 2 aliphatic rings. The standard InChI is InChI=1S/C16H30N4/c1-18(2)8-9-19-10-12-20(13-11-19)16-7-5-3-4-6-15(16)14-17/h15-16H,3-13H2,1-2H3. The summed E-state index contributed by atoms with van der Waals surface area (Å²) in [5.74, 6) is 0.269. The minimum Gasteiger partial charge on any atom is -0.308 e. The third-order valence-electron chi connectivity index (χ3n) is 4.88. The van der Waals surface area contributed by atoms with Gasteiger partial charge in [-0.2, -0.15) is 5.26 Å². The van der Waals surface area contributed by atoms with Gasteiger partial charge in [0.25, 0.3) is 0 Å². The molecule has 4 nitrogen and oxygen atoms in total. The molecule has 0 aromatic heterocycles. The zero-order valence-electron chi connectivity index (χ0n) is 13.2. The van der Waals surface area contributed by atoms with Crippen LogP contribution < -0.4 is 0 Å². The number of hydrogen-bond donors (Lipinski definition) is 0. The van der Waals surface area contributed by atoms with Gasteiger partial charge in [0, 0.05) is 45.3 Å². The molecule has 2 rings (SSSR count). The molecule has 20 heavy (non-hydrogen) atoms. The molecular formula is C16H30N4. The summed E-state index contributed by atoms with van der Waals surface area (Å²) in [6.45, 7) is 6.95. The monoisotopic (exact) mass is 278 g/mol. The van der Waals surface area contributed by atoms with Crippen LogP contribution in [0.4, 0.5) is 0 Å². The maximum Gasteiger partial charge on any atom is 0.0672 e. The van der Waals surface area contributed by atoms with E-state index < -0.39 is 0 Å². The summed E-state index contributed by atoms with van der Waals surface area (Å²) < 4.78 is 0. The van der Waals surface area contributed by atoms with Crippen LogP contribution in [0, 0.1) is 17.2 Å². The van der Waals surface area contributed by atoms with Crippen molar-refractivity contribution in [3.63, 3.8) is 0 Å². The first-order chi connectivity index (χ1) is 9.70. The van der Waals surface area contributed by atoms with E-state index in [1.54, 1.807) is 0 Å². The summed E-state index contributed by atoms with van der Waals surface area (Å²) >= 11 is 0. The molecule has 2 unspecified atom stereocenters. The molecular weight excluding hydrogens is 248 g/mol. The van der Waals surface area contributed by atoms with Gasteiger partial charge >= 0.3 is 0 Å². The molecule has 0 aromatic rings. The quantitative estimate of drug-likeness (QED) is 0.732. The third-order valence-corrected chi connectivity index (χ3v) is 4.88. The lowest BCUT2D eigenvalue weighted by atomic mass is 9.94. The number of nitrogens with zero attached hydrogens (tertiary/aromatic N) is 4. The molecule has 1 aliphatic carbocycles. The second-order valence-corrected chi connectivity index (χ2v) is 6.62. The molecule has 4 heteroatoms. The van der Waals surface area contributed by atoms with Crippen LogP contribution >= 0.6 is 0 Å². The molecule has 1 heterocycles. The van der Waals surface area contributed by atoms with Crippen LogP contribution in [0.2, 0.25) is 0 Å². The van der Waals surface area contributed by atoms with E-state index in [1.807, 2.05) is 0 Å². The Kier molecular flexibility index (Phi) is 6.28. The summed E-state index contributed by atoms with van der Waals surface area (Å²) in [5.41, 5.74) is 0. The first-order valence-electron chi connectivity index (χ1n) is 8.21. The predicted octanol–water partition coefficient (Wildman–Crippen LogP) is 1.64. The molecule has 0 bridgehead atoms. The van der Waals surface area contributed by atoms with Gasteiger partial charge in [-0.3, -0.25) is 9.80 Å². The van der Waals surface area contributed by atoms with Gasteiger partial charge in [-0.25, -0.2) is 0 Å². The summed E-state index contributed by atoms with van der Waals surface area (Å²) in [7, 11) is 4.28. The fraction of sp³-hybridized carbons (Fsp3) is 0.938. The van der Waals surface area contributed by atoms with E-state index in [0.29, 0.717) is 6.04 Å². The Morgan fingerprint density at radius 3 is 2.40 bits per heavy atom. The Morgan fingerprint density at radius 2 is 1.75 bits per heavy atom. The van der Waals surface area contributed by atoms with Gasteiger partial charge in [0.05, 0.1) is 12.0 Å². The normalized spacial score (nSPS) is 30.1. The van der Waals surface area contributed by atoms with Crippen LogP contribution in [0.5, 0.6) is 0 Å². The van der Waals surface area contributed by atoms with E-state index in [9.17, 15) is 5.26 Å². The summed E-state index contributed by atoms with van der Waals surface area (Å²) in [6, 6.07) is 3.11. The van der Waals surface area contributed by atoms with Crippen LogP contribution in [-0.4, -0.2) is 74.1 Å². The average Bonchev–Trinajstić information content (AvgIpc) is 2.70. The first kappa shape index (κ1) is 15.8. The average molecular weight is 278 g/mol. The molecule has 0 amide bonds. The lowest BCUT2D eigenvalue weighted by molar-refractivity contribution is 0.0733. The summed E-state index contributed by atoms with van der Waals surface area (Å²) in [6.07, 6.45) is 6.22. The maximum absolute atomic E-state index is 9.42. The van der Waals surface area contributed by atoms with Crippen LogP contribution in [0.25, 0.3) is 0 Å². The van der Waals surface area contributed by atoms with Crippen molar-refractivity contribution in [3.05, 3.63) is 0 Å². The number of likely N-dealkylation sites (N-methyl/N-ethyl adjacent to an activating group) is 1. The number of hydrogen-bond acceptors (Lipinski definition) is 4. The van der Waals surface area contributed by atoms with E-state index in [0.717, 1.165) is 26.1 Å². The second kappa shape index (κ2) is 7.97. The molecule has 114 valence electrons. The molecule has 2 atom stereocenters. The van der Waals surface area contributed by atoms with E-state index in [4.69, 9.17) is 0 Å². The van der Waals surface area contributed by atoms with Gasteiger partial charge in [-0.15, -0.1) is 0 Å². The Morgan fingerprint density at radius 1 is 1.05 bits per heavy atom. The molecule has 1 saturated heterocycles. The highest BCUT2D eigenvalue weighted by molar-refractivity contribution is 4.95. The second-order valence-electron chi connectivity index (χ2n) is 6.62. The Hall–Kier alpha value is -0.630. The van der Waals surface area contributed by atoms with Gasteiger partial charge in [-0.1, -0.05) is 19.3 Å². The van der Waals surface area contributed by atoms with Crippen LogP contribution in [0.15, 0.2) is 0 Å². The minimum atomic E-state index is 0.269. The van der Waals surface area contributed by atoms with Crippen molar-refractivity contribution >= 4 is 0 Å². The van der Waals surface area contributed by atoms with Gasteiger partial charge < -0.3 is 4.90 Å². The van der Waals surface area contributed by atoms with Crippen molar-refractivity contribution in [3.8, 4) is 6.07 Å². The van der Waals surface area contributed by atoms with Gasteiger partial charge in [0.15, 0.2) is 0 Å². The maximum atomic E-state index is 9.42. The van der Waals surface area contributed by atoms with Crippen molar-refractivity contribution in [1.82, 2.24) is 14.7 Å². The molecule has 1 saturated carbocycles. The van der Waals surface area contributed by atoms with Crippen LogP contribution in [0.1, 0.15) is 32.1 Å². The van der Waals surface area contributed by atoms with Gasteiger partial charge in [0.2, 0.25) is 0 Å². The lowest BCUT2D eigenvalue weighted by Gasteiger charge is -2.40. The Labute approximate surface area is 124 Å². The van der Waals surface area contributed by atoms with Crippen LogP contribution in [-0.2, 0) is 0 Å². The number of nitriles is 1. The smallest absolute Gasteiger partial charge is 0.0672 e. The first-order valence-corrected chi connectivity index (χ1v) is 8.21. The SMILES string of the molecule is CN(C)CCN1CCN(C2CCCCCC2C#N)CC1. The molecule has 0 aromatic carbocycles. The number of rotatable bonds is 4. The molecule has 0 radical (unpaired) electrons. The van der Waals surface area contributed by atoms with E-state index in [-0.39, 0.29) is 5.92 Å². The van der Waals surface area contributed by atoms with Crippen molar-refractivity contribution in [2.45, 2.75) is 38.1 Å². The van der Waals surface area contributed by atoms with Crippen molar-refractivity contribution in [2.75, 3.05) is 53.4 Å². The highest BCUT2D eigenvalue weighted by atomic mass is 15.3. The molecule has 0 N–H and O–H groups in total. The van der Waals surface area contributed by atoms with E-state index in [1.165, 1.54) is 45.3 Å². The topological polar surface area (TPSA) is 33.5 Å². The zero-order chi connectivity index (χ0) is 14.4. The summed E-state index contributed by atoms with van der Waals surface area (Å²) in [4.78, 5) is 7.42. The molecule has 2 fully saturated rings. The zero-order valence-corrected chi connectivity index (χ0v) is 13.2. The Balaban J connectivity index is 1.81. The fourth-order valence-electron chi connectivity index (χ4n) is 3.54. The summed E-state index contributed by atoms with van der Waals surface area (Å²) in [5, 5.41) is 9.42. The van der Waals surface area contributed by atoms with Crippen molar-refractivity contribution in [2.24, 2.45) is 5.92 Å². The largest absolute Gasteiger partial charge is 0.308 e. The molecule has 0 spiro atoms. The van der Waals surface area contributed by atoms with Crippen molar-refractivity contribution in [1.29, 1.82) is 5.26 Å². The van der Waals surface area contributed by atoms with Crippen molar-refractivity contribution < 1.29 is 0 Å². The minimum absolute atomic E-state index is 0.269. The Bertz CT molecular complexity index is 315. The highest BCUT2D eigenvalue weighted by Crippen LogP contribution is 2.27. The van der Waals surface area contributed by atoms with Gasteiger partial charge in [-0.05, 0) is 26.9 Å². The fourth-order valence-corrected chi connectivity index (χ4v) is 3.54. The van der Waals surface area contributed by atoms with Gasteiger partial charge in [0.1, 0.15) is 0 Å². The lowest BCUT2D eigenvalue weighted by Crippen LogP contribution is -2.52. The third kappa shape index (κ3) is 4.44. The van der Waals surface area contributed by atoms with E-state index >= 15 is 0 Å². The van der Waals surface area contributed by atoms with E-state index in [2.05, 4.69) is 34.9 Å². The molecule has 1 aliphatic heterocycles. The number of piperazine rings is 1. The van der Waals surface area contributed by atoms with Crippen LogP contribution in [0.3, 0.4) is 0 Å². The highest BCUT2D eigenvalue weighted by Gasteiger charge is 2.30. The predicted molar refractivity (Wildman–Crippen MR) is 82.5 cm³/mol.